The molecule has 6 nitrogen and oxygen atoms in total. The zero-order valence-electron chi connectivity index (χ0n) is 13.4. The van der Waals surface area contributed by atoms with Gasteiger partial charge in [0.05, 0.1) is 6.54 Å². The van der Waals surface area contributed by atoms with Gasteiger partial charge in [-0.25, -0.2) is 0 Å². The molecule has 0 aliphatic carbocycles. The molecular weight excluding hydrogens is 394 g/mol. The molecule has 0 spiro atoms. The molecule has 2 N–H and O–H groups in total. The zero-order valence-corrected chi connectivity index (χ0v) is 15.8. The van der Waals surface area contributed by atoms with Crippen LogP contribution in [0.25, 0.3) is 0 Å². The van der Waals surface area contributed by atoms with E-state index in [4.69, 9.17) is 0 Å². The lowest BCUT2D eigenvalue weighted by molar-refractivity contribution is -0.124. The number of nitrogens with one attached hydrogen (secondary N) is 2. The van der Waals surface area contributed by atoms with Crippen LogP contribution in [-0.2, 0) is 16.1 Å². The van der Waals surface area contributed by atoms with Crippen LogP contribution in [0.3, 0.4) is 0 Å². The number of rotatable bonds is 6. The van der Waals surface area contributed by atoms with E-state index in [0.29, 0.717) is 12.2 Å². The number of hydrogen-bond acceptors (Lipinski definition) is 4. The fourth-order valence-electron chi connectivity index (χ4n) is 2.12. The van der Waals surface area contributed by atoms with Crippen LogP contribution in [0.15, 0.2) is 32.8 Å². The van der Waals surface area contributed by atoms with Gasteiger partial charge in [0, 0.05) is 34.2 Å². The minimum absolute atomic E-state index is 0.0799. The number of aromatic nitrogens is 1. The molecule has 0 aliphatic heterocycles. The molecule has 2 rings (SSSR count). The summed E-state index contributed by atoms with van der Waals surface area (Å²) in [4.78, 5) is 35.2. The highest BCUT2D eigenvalue weighted by molar-refractivity contribution is 9.10. The van der Waals surface area contributed by atoms with Crippen molar-refractivity contribution >= 4 is 44.8 Å². The van der Waals surface area contributed by atoms with Crippen molar-refractivity contribution in [2.45, 2.75) is 26.8 Å². The second kappa shape index (κ2) is 8.25. The molecule has 0 saturated carbocycles. The van der Waals surface area contributed by atoms with Crippen LogP contribution in [0.2, 0.25) is 0 Å². The smallest absolute Gasteiger partial charge is 0.307 e. The first kappa shape index (κ1) is 18.4. The Hall–Kier alpha value is -1.93. The summed E-state index contributed by atoms with van der Waals surface area (Å²) in [6.45, 7) is 3.92. The summed E-state index contributed by atoms with van der Waals surface area (Å²) < 4.78 is 2.49. The fraction of sp³-hybridized carbons (Fsp3) is 0.312. The summed E-state index contributed by atoms with van der Waals surface area (Å²) in [5.41, 5.74) is 2.47. The number of amides is 2. The third kappa shape index (κ3) is 5.04. The number of anilines is 1. The van der Waals surface area contributed by atoms with E-state index in [0.717, 1.165) is 27.1 Å². The van der Waals surface area contributed by atoms with Crippen LogP contribution in [0.5, 0.6) is 0 Å². The molecule has 0 aliphatic rings. The van der Waals surface area contributed by atoms with Gasteiger partial charge in [0.1, 0.15) is 0 Å². The number of hydrogen-bond donors (Lipinski definition) is 2. The van der Waals surface area contributed by atoms with Crippen molar-refractivity contribution in [3.05, 3.63) is 49.0 Å². The molecule has 0 saturated heterocycles. The quantitative estimate of drug-likeness (QED) is 0.765. The standard InChI is InChI=1S/C16H18BrN3O3S/c1-10-7-12(17)3-4-13(10)19-15(22)8-18-14(21)5-6-20-11(2)9-24-16(20)23/h3-4,7,9H,5-6,8H2,1-2H3,(H,18,21)(H,19,22). The monoisotopic (exact) mass is 411 g/mol. The third-order valence-corrected chi connectivity index (χ3v) is 4.82. The van der Waals surface area contributed by atoms with Crippen molar-refractivity contribution in [1.29, 1.82) is 0 Å². The topological polar surface area (TPSA) is 80.2 Å². The van der Waals surface area contributed by atoms with Gasteiger partial charge in [0.15, 0.2) is 0 Å². The SMILES string of the molecule is Cc1cc(Br)ccc1NC(=O)CNC(=O)CCn1c(C)csc1=O. The predicted molar refractivity (Wildman–Crippen MR) is 98.5 cm³/mol. The van der Waals surface area contributed by atoms with Crippen molar-refractivity contribution in [2.75, 3.05) is 11.9 Å². The van der Waals surface area contributed by atoms with E-state index in [2.05, 4.69) is 26.6 Å². The van der Waals surface area contributed by atoms with Crippen LogP contribution in [0, 0.1) is 13.8 Å². The molecule has 1 aromatic heterocycles. The molecule has 0 unspecified atom stereocenters. The zero-order chi connectivity index (χ0) is 17.7. The molecule has 1 heterocycles. The summed E-state index contributed by atoms with van der Waals surface area (Å²) in [5.74, 6) is -0.562. The first-order valence-electron chi connectivity index (χ1n) is 7.34. The Morgan fingerprint density at radius 1 is 1.25 bits per heavy atom. The highest BCUT2D eigenvalue weighted by Crippen LogP contribution is 2.19. The molecule has 1 aromatic carbocycles. The summed E-state index contributed by atoms with van der Waals surface area (Å²) in [6, 6.07) is 5.53. The van der Waals surface area contributed by atoms with E-state index in [1.165, 1.54) is 0 Å². The average Bonchev–Trinajstić information content (AvgIpc) is 2.84. The van der Waals surface area contributed by atoms with E-state index in [1.54, 1.807) is 16.0 Å². The van der Waals surface area contributed by atoms with Gasteiger partial charge in [0.2, 0.25) is 11.8 Å². The highest BCUT2D eigenvalue weighted by atomic mass is 79.9. The van der Waals surface area contributed by atoms with Crippen molar-refractivity contribution in [3.8, 4) is 0 Å². The second-order valence-corrected chi connectivity index (χ2v) is 7.07. The predicted octanol–water partition coefficient (Wildman–Crippen LogP) is 2.43. The van der Waals surface area contributed by atoms with Gasteiger partial charge >= 0.3 is 4.87 Å². The highest BCUT2D eigenvalue weighted by Gasteiger charge is 2.09. The Morgan fingerprint density at radius 3 is 2.62 bits per heavy atom. The minimum atomic E-state index is -0.294. The summed E-state index contributed by atoms with van der Waals surface area (Å²) in [5, 5.41) is 7.07. The van der Waals surface area contributed by atoms with E-state index < -0.39 is 0 Å². The molecule has 2 aromatic rings. The summed E-state index contributed by atoms with van der Waals surface area (Å²) in [6.07, 6.45) is 0.155. The van der Waals surface area contributed by atoms with E-state index in [1.807, 2.05) is 26.0 Å². The Kier molecular flexibility index (Phi) is 6.33. The van der Waals surface area contributed by atoms with Gasteiger partial charge in [-0.15, -0.1) is 0 Å². The number of benzene rings is 1. The van der Waals surface area contributed by atoms with Gasteiger partial charge in [-0.05, 0) is 37.6 Å². The summed E-state index contributed by atoms with van der Waals surface area (Å²) in [7, 11) is 0. The number of nitrogens with zero attached hydrogens (tertiary/aromatic N) is 1. The normalized spacial score (nSPS) is 10.5. The molecule has 0 atom stereocenters. The first-order chi connectivity index (χ1) is 11.4. The Labute approximate surface area is 152 Å². The lowest BCUT2D eigenvalue weighted by Gasteiger charge is -2.10. The van der Waals surface area contributed by atoms with Crippen LogP contribution in [-0.4, -0.2) is 22.9 Å². The van der Waals surface area contributed by atoms with Crippen LogP contribution < -0.4 is 15.5 Å². The van der Waals surface area contributed by atoms with Gasteiger partial charge in [0.25, 0.3) is 0 Å². The number of aryl methyl sites for hydroxylation is 2. The van der Waals surface area contributed by atoms with Gasteiger partial charge in [-0.2, -0.15) is 0 Å². The van der Waals surface area contributed by atoms with Gasteiger partial charge < -0.3 is 15.2 Å². The van der Waals surface area contributed by atoms with Crippen LogP contribution >= 0.6 is 27.3 Å². The molecule has 0 radical (unpaired) electrons. The summed E-state index contributed by atoms with van der Waals surface area (Å²) >= 11 is 4.48. The maximum Gasteiger partial charge on any atom is 0.307 e. The van der Waals surface area contributed by atoms with Crippen molar-refractivity contribution in [2.24, 2.45) is 0 Å². The average molecular weight is 412 g/mol. The van der Waals surface area contributed by atoms with E-state index >= 15 is 0 Å². The van der Waals surface area contributed by atoms with Crippen molar-refractivity contribution in [3.63, 3.8) is 0 Å². The van der Waals surface area contributed by atoms with Gasteiger partial charge in [-0.3, -0.25) is 14.4 Å². The van der Waals surface area contributed by atoms with Crippen LogP contribution in [0.4, 0.5) is 5.69 Å². The number of thiazole rings is 1. The maximum absolute atomic E-state index is 11.9. The molecule has 24 heavy (non-hydrogen) atoms. The third-order valence-electron chi connectivity index (χ3n) is 3.45. The molecule has 0 bridgehead atoms. The number of halogens is 1. The number of carbonyl (C=O) groups is 2. The van der Waals surface area contributed by atoms with Crippen molar-refractivity contribution < 1.29 is 9.59 Å². The molecule has 0 fully saturated rings. The fourth-order valence-corrected chi connectivity index (χ4v) is 3.35. The largest absolute Gasteiger partial charge is 0.347 e. The lowest BCUT2D eigenvalue weighted by Crippen LogP contribution is -2.33. The first-order valence-corrected chi connectivity index (χ1v) is 9.01. The van der Waals surface area contributed by atoms with Crippen molar-refractivity contribution in [1.82, 2.24) is 9.88 Å². The molecule has 2 amide bonds. The molecule has 128 valence electrons. The Balaban J connectivity index is 1.79. The second-order valence-electron chi connectivity index (χ2n) is 5.33. The van der Waals surface area contributed by atoms with Crippen LogP contribution in [0.1, 0.15) is 17.7 Å². The van der Waals surface area contributed by atoms with E-state index in [-0.39, 0.29) is 29.7 Å². The van der Waals surface area contributed by atoms with E-state index in [9.17, 15) is 14.4 Å². The van der Waals surface area contributed by atoms with Gasteiger partial charge in [-0.1, -0.05) is 27.3 Å². The molecule has 8 heteroatoms. The number of carbonyl (C=O) groups excluding carboxylic acids is 2. The molecular formula is C16H18BrN3O3S. The minimum Gasteiger partial charge on any atom is -0.347 e. The lowest BCUT2D eigenvalue weighted by atomic mass is 10.2. The maximum atomic E-state index is 11.9. The Morgan fingerprint density at radius 2 is 2.00 bits per heavy atom. The Bertz CT molecular complexity index is 813.